The molecular weight excluding hydrogens is 736 g/mol. The van der Waals surface area contributed by atoms with Gasteiger partial charge in [0.1, 0.15) is 35.8 Å². The second-order valence-electron chi connectivity index (χ2n) is 14.3. The minimum absolute atomic E-state index is 0.0789. The SMILES string of the molecule is N#Cc1cc(Br)ccc1O[C@@H]1c2ccccc2C[C@H]1N1CCC[C@H](N)C1.N#Cc1cc(Cl)ccc1O[C@@H]1c2ccccc2C[C@H]1N1CCC[C@H](N)C1. The molecule has 6 atom stereocenters. The smallest absolute Gasteiger partial charge is 0.140 e. The summed E-state index contributed by atoms with van der Waals surface area (Å²) in [5.74, 6) is 1.23. The summed E-state index contributed by atoms with van der Waals surface area (Å²) >= 11 is 9.46. The first-order valence-corrected chi connectivity index (χ1v) is 19.4. The van der Waals surface area contributed by atoms with Gasteiger partial charge < -0.3 is 20.9 Å². The van der Waals surface area contributed by atoms with E-state index >= 15 is 0 Å². The van der Waals surface area contributed by atoms with Crippen molar-refractivity contribution in [3.8, 4) is 23.6 Å². The van der Waals surface area contributed by atoms with Gasteiger partial charge in [-0.2, -0.15) is 10.5 Å². The lowest BCUT2D eigenvalue weighted by Gasteiger charge is -2.38. The summed E-state index contributed by atoms with van der Waals surface area (Å²) in [5, 5.41) is 19.5. The number of hydrogen-bond acceptors (Lipinski definition) is 8. The largest absolute Gasteiger partial charge is 0.483 e. The number of halogens is 2. The molecule has 8 rings (SSSR count). The molecule has 8 nitrogen and oxygen atoms in total. The van der Waals surface area contributed by atoms with Crippen LogP contribution >= 0.6 is 27.5 Å². The number of benzene rings is 4. The van der Waals surface area contributed by atoms with Gasteiger partial charge >= 0.3 is 0 Å². The molecule has 4 N–H and O–H groups in total. The first-order chi connectivity index (χ1) is 25.3. The van der Waals surface area contributed by atoms with E-state index in [2.05, 4.69) is 80.3 Å². The molecule has 2 aliphatic heterocycles. The summed E-state index contributed by atoms with van der Waals surface area (Å²) in [5.41, 5.74) is 18.5. The van der Waals surface area contributed by atoms with Crippen LogP contribution in [0.25, 0.3) is 0 Å². The first-order valence-electron chi connectivity index (χ1n) is 18.2. The summed E-state index contributed by atoms with van der Waals surface area (Å²) in [6.45, 7) is 3.89. The zero-order chi connectivity index (χ0) is 36.2. The van der Waals surface area contributed by atoms with Crippen molar-refractivity contribution in [1.29, 1.82) is 10.5 Å². The standard InChI is InChI=1S/C21H22BrN3O.C21H22ClN3O/c2*22-16-7-8-20(15(10-16)12-23)26-21-18-6-2-1-4-14(18)11-19(21)25-9-3-5-17(24)13-25/h2*1-2,4,6-8,10,17,19,21H,3,5,9,11,13,24H2/t2*17-,19+,21+/m00/s1. The van der Waals surface area contributed by atoms with Crippen LogP contribution in [-0.4, -0.2) is 60.1 Å². The number of nitrogens with two attached hydrogens (primary N) is 2. The Morgan fingerprint density at radius 1 is 0.673 bits per heavy atom. The summed E-state index contributed by atoms with van der Waals surface area (Å²) < 4.78 is 13.8. The predicted molar refractivity (Wildman–Crippen MR) is 207 cm³/mol. The molecule has 4 aromatic carbocycles. The maximum Gasteiger partial charge on any atom is 0.140 e. The van der Waals surface area contributed by atoms with E-state index in [4.69, 9.17) is 32.5 Å². The van der Waals surface area contributed by atoms with Crippen LogP contribution in [0.1, 0.15) is 71.3 Å². The Morgan fingerprint density at radius 3 is 1.65 bits per heavy atom. The van der Waals surface area contributed by atoms with Crippen LogP contribution in [0.15, 0.2) is 89.4 Å². The fourth-order valence-corrected chi connectivity index (χ4v) is 8.87. The van der Waals surface area contributed by atoms with Gasteiger partial charge in [-0.05, 0) is 110 Å². The third-order valence-electron chi connectivity index (χ3n) is 10.8. The lowest BCUT2D eigenvalue weighted by atomic mass is 10.0. The third kappa shape index (κ3) is 8.01. The average molecular weight is 780 g/mol. The van der Waals surface area contributed by atoms with E-state index in [1.165, 1.54) is 22.3 Å². The van der Waals surface area contributed by atoms with Gasteiger partial charge in [-0.25, -0.2) is 0 Å². The van der Waals surface area contributed by atoms with Gasteiger partial charge in [0.2, 0.25) is 0 Å². The molecule has 2 saturated heterocycles. The Kier molecular flexibility index (Phi) is 11.5. The number of nitrogens with zero attached hydrogens (tertiary/aromatic N) is 4. The molecule has 4 aromatic rings. The fourth-order valence-electron chi connectivity index (χ4n) is 8.34. The number of nitriles is 2. The van der Waals surface area contributed by atoms with Crippen LogP contribution in [-0.2, 0) is 12.8 Å². The summed E-state index contributed by atoms with van der Waals surface area (Å²) in [4.78, 5) is 4.94. The van der Waals surface area contributed by atoms with Crippen molar-refractivity contribution >= 4 is 27.5 Å². The van der Waals surface area contributed by atoms with Gasteiger partial charge in [-0.3, -0.25) is 9.80 Å². The normalized spacial score (nSPS) is 25.5. The number of piperidine rings is 2. The van der Waals surface area contributed by atoms with E-state index in [0.717, 1.165) is 69.2 Å². The van der Waals surface area contributed by atoms with Crippen LogP contribution in [0.5, 0.6) is 11.5 Å². The van der Waals surface area contributed by atoms with Gasteiger partial charge in [0.25, 0.3) is 0 Å². The molecule has 2 heterocycles. The van der Waals surface area contributed by atoms with E-state index in [-0.39, 0.29) is 36.4 Å². The van der Waals surface area contributed by atoms with Crippen molar-refractivity contribution in [1.82, 2.24) is 9.80 Å². The monoisotopic (exact) mass is 778 g/mol. The summed E-state index contributed by atoms with van der Waals surface area (Å²) in [6.07, 6.45) is 6.14. The Bertz CT molecular complexity index is 1840. The van der Waals surface area contributed by atoms with E-state index in [1.54, 1.807) is 18.2 Å². The van der Waals surface area contributed by atoms with E-state index < -0.39 is 0 Å². The average Bonchev–Trinajstić information content (AvgIpc) is 3.71. The summed E-state index contributed by atoms with van der Waals surface area (Å²) in [7, 11) is 0. The Labute approximate surface area is 320 Å². The maximum atomic E-state index is 9.48. The molecule has 0 saturated carbocycles. The maximum absolute atomic E-state index is 9.48. The molecule has 52 heavy (non-hydrogen) atoms. The van der Waals surface area contributed by atoms with Gasteiger partial charge in [-0.15, -0.1) is 0 Å². The second-order valence-corrected chi connectivity index (χ2v) is 15.7. The Morgan fingerprint density at radius 2 is 1.15 bits per heavy atom. The zero-order valence-electron chi connectivity index (χ0n) is 29.1. The molecule has 2 aliphatic carbocycles. The fraction of sp³-hybridized carbons (Fsp3) is 0.381. The van der Waals surface area contributed by atoms with Crippen molar-refractivity contribution in [2.24, 2.45) is 11.5 Å². The molecule has 10 heteroatoms. The highest BCUT2D eigenvalue weighted by Gasteiger charge is 2.41. The minimum Gasteiger partial charge on any atom is -0.483 e. The molecule has 4 aliphatic rings. The van der Waals surface area contributed by atoms with Crippen LogP contribution in [0.3, 0.4) is 0 Å². The van der Waals surface area contributed by atoms with E-state index in [9.17, 15) is 10.5 Å². The van der Waals surface area contributed by atoms with Gasteiger partial charge in [0.05, 0.1) is 23.2 Å². The van der Waals surface area contributed by atoms with Crippen LogP contribution in [0.4, 0.5) is 0 Å². The van der Waals surface area contributed by atoms with Crippen molar-refractivity contribution < 1.29 is 9.47 Å². The van der Waals surface area contributed by atoms with Gasteiger partial charge in [0.15, 0.2) is 0 Å². The van der Waals surface area contributed by atoms with Crippen LogP contribution in [0.2, 0.25) is 5.02 Å². The number of ether oxygens (including phenoxy) is 2. The molecule has 0 aromatic heterocycles. The lowest BCUT2D eigenvalue weighted by molar-refractivity contribution is 0.0591. The van der Waals surface area contributed by atoms with Crippen LogP contribution < -0.4 is 20.9 Å². The highest BCUT2D eigenvalue weighted by Crippen LogP contribution is 2.41. The molecule has 0 bridgehead atoms. The highest BCUT2D eigenvalue weighted by molar-refractivity contribution is 9.10. The van der Waals surface area contributed by atoms with E-state index in [1.807, 2.05) is 24.3 Å². The molecule has 268 valence electrons. The number of likely N-dealkylation sites (tertiary alicyclic amines) is 2. The number of rotatable bonds is 6. The molecule has 0 unspecified atom stereocenters. The highest BCUT2D eigenvalue weighted by atomic mass is 79.9. The van der Waals surface area contributed by atoms with Crippen molar-refractivity contribution in [3.05, 3.63) is 128 Å². The predicted octanol–water partition coefficient (Wildman–Crippen LogP) is 7.47. The van der Waals surface area contributed by atoms with Crippen LogP contribution in [0, 0.1) is 22.7 Å². The number of hydrogen-bond donors (Lipinski definition) is 2. The molecule has 0 amide bonds. The molecule has 0 radical (unpaired) electrons. The van der Waals surface area contributed by atoms with Crippen molar-refractivity contribution in [3.63, 3.8) is 0 Å². The Hall–Kier alpha value is -3.93. The van der Waals surface area contributed by atoms with Crippen molar-refractivity contribution in [2.45, 2.75) is 74.9 Å². The summed E-state index contributed by atoms with van der Waals surface area (Å²) in [6, 6.07) is 33.1. The molecule has 0 spiro atoms. The Balaban J connectivity index is 0.000000162. The van der Waals surface area contributed by atoms with Gasteiger partial charge in [0, 0.05) is 34.7 Å². The van der Waals surface area contributed by atoms with E-state index in [0.29, 0.717) is 27.6 Å². The van der Waals surface area contributed by atoms with Gasteiger partial charge in [-0.1, -0.05) is 76.1 Å². The molecular formula is C42H44BrClN6O2. The third-order valence-corrected chi connectivity index (χ3v) is 11.6. The second kappa shape index (κ2) is 16.4. The molecule has 2 fully saturated rings. The topological polar surface area (TPSA) is 125 Å². The first kappa shape index (κ1) is 36.4. The van der Waals surface area contributed by atoms with Crippen molar-refractivity contribution in [2.75, 3.05) is 26.2 Å². The minimum atomic E-state index is -0.107. The zero-order valence-corrected chi connectivity index (χ0v) is 31.5. The lowest BCUT2D eigenvalue weighted by Crippen LogP contribution is -2.49. The number of fused-ring (bicyclic) bond motifs is 2. The quantitative estimate of drug-likeness (QED) is 0.207.